The van der Waals surface area contributed by atoms with Crippen molar-refractivity contribution in [3.8, 4) is 0 Å². The molecule has 1 unspecified atom stereocenters. The van der Waals surface area contributed by atoms with Gasteiger partial charge in [0.05, 0.1) is 4.92 Å². The number of carbonyl (C=O) groups excluding carboxylic acids is 2. The molecule has 1 fully saturated rings. The summed E-state index contributed by atoms with van der Waals surface area (Å²) in [6.45, 7) is 3.50. The summed E-state index contributed by atoms with van der Waals surface area (Å²) in [5, 5.41) is 13.8. The van der Waals surface area contributed by atoms with Crippen LogP contribution in [-0.4, -0.2) is 45.1 Å². The third-order valence-electron chi connectivity index (χ3n) is 4.10. The molecule has 1 N–H and O–H groups in total. The predicted molar refractivity (Wildman–Crippen MR) is 95.7 cm³/mol. The Morgan fingerprint density at radius 2 is 2.16 bits per heavy atom. The van der Waals surface area contributed by atoms with Gasteiger partial charge in [-0.25, -0.2) is 0 Å². The van der Waals surface area contributed by atoms with Crippen LogP contribution in [0.2, 0.25) is 0 Å². The van der Waals surface area contributed by atoms with Crippen molar-refractivity contribution < 1.29 is 14.5 Å². The lowest BCUT2D eigenvalue weighted by Crippen LogP contribution is -2.25. The molecular formula is C16H18N4O4S. The van der Waals surface area contributed by atoms with E-state index in [2.05, 4.69) is 15.2 Å². The van der Waals surface area contributed by atoms with Gasteiger partial charge in [0.25, 0.3) is 11.6 Å². The Bertz CT molecular complexity index is 759. The Morgan fingerprint density at radius 3 is 2.84 bits per heavy atom. The van der Waals surface area contributed by atoms with Crippen molar-refractivity contribution in [2.75, 3.05) is 18.4 Å². The lowest BCUT2D eigenvalue weighted by Gasteiger charge is -2.16. The van der Waals surface area contributed by atoms with Gasteiger partial charge in [0.1, 0.15) is 10.9 Å². The quantitative estimate of drug-likeness (QED) is 0.651. The molecule has 0 radical (unpaired) electrons. The number of benzene rings is 1. The Labute approximate surface area is 148 Å². The monoisotopic (exact) mass is 362 g/mol. The van der Waals surface area contributed by atoms with E-state index in [1.165, 1.54) is 23.9 Å². The van der Waals surface area contributed by atoms with Crippen molar-refractivity contribution in [1.29, 1.82) is 0 Å². The third kappa shape index (κ3) is 3.98. The van der Waals surface area contributed by atoms with Crippen LogP contribution >= 0.6 is 11.8 Å². The van der Waals surface area contributed by atoms with Crippen LogP contribution in [0.3, 0.4) is 0 Å². The molecule has 9 heteroatoms. The summed E-state index contributed by atoms with van der Waals surface area (Å²) in [5.74, 6) is -0.754. The standard InChI is InChI=1S/C16H18N4O4S/c1-10-4-5-11(12(8-10)20(23)24)17-14(21)9-13-15(22)18-16(25-13)19-6-2-3-7-19/h4-5,8,13H,2-3,6-7,9H2,1H3,(H,17,21). The molecule has 8 nitrogen and oxygen atoms in total. The molecule has 2 aliphatic rings. The van der Waals surface area contributed by atoms with Gasteiger partial charge < -0.3 is 10.2 Å². The molecule has 0 aromatic heterocycles. The van der Waals surface area contributed by atoms with Gasteiger partial charge in [0, 0.05) is 25.6 Å². The topological polar surface area (TPSA) is 105 Å². The number of hydrogen-bond donors (Lipinski definition) is 1. The number of amidine groups is 1. The minimum Gasteiger partial charge on any atom is -0.351 e. The van der Waals surface area contributed by atoms with E-state index in [4.69, 9.17) is 0 Å². The largest absolute Gasteiger partial charge is 0.351 e. The normalized spacial score (nSPS) is 19.9. The van der Waals surface area contributed by atoms with E-state index in [-0.39, 0.29) is 23.7 Å². The molecule has 132 valence electrons. The lowest BCUT2D eigenvalue weighted by atomic mass is 10.2. The minimum atomic E-state index is -0.569. The van der Waals surface area contributed by atoms with Gasteiger partial charge in [-0.05, 0) is 31.4 Å². The number of amides is 2. The summed E-state index contributed by atoms with van der Waals surface area (Å²) >= 11 is 1.30. The number of aryl methyl sites for hydroxylation is 1. The van der Waals surface area contributed by atoms with Crippen molar-refractivity contribution in [3.63, 3.8) is 0 Å². The Balaban J connectivity index is 1.62. The number of anilines is 1. The zero-order chi connectivity index (χ0) is 18.0. The Kier molecular flexibility index (Phi) is 5.03. The van der Waals surface area contributed by atoms with E-state index < -0.39 is 16.1 Å². The van der Waals surface area contributed by atoms with Gasteiger partial charge >= 0.3 is 0 Å². The van der Waals surface area contributed by atoms with Crippen LogP contribution in [0.25, 0.3) is 0 Å². The number of aliphatic imine (C=N–C) groups is 1. The minimum absolute atomic E-state index is 0.0601. The van der Waals surface area contributed by atoms with Crippen LogP contribution in [0.1, 0.15) is 24.8 Å². The lowest BCUT2D eigenvalue weighted by molar-refractivity contribution is -0.384. The first kappa shape index (κ1) is 17.4. The van der Waals surface area contributed by atoms with Gasteiger partial charge in [-0.3, -0.25) is 19.7 Å². The smallest absolute Gasteiger partial charge is 0.293 e. The van der Waals surface area contributed by atoms with E-state index >= 15 is 0 Å². The number of nitrogens with one attached hydrogen (secondary N) is 1. The average Bonchev–Trinajstić information content (AvgIpc) is 3.19. The molecule has 1 aromatic carbocycles. The van der Waals surface area contributed by atoms with Crippen LogP contribution in [0.15, 0.2) is 23.2 Å². The maximum atomic E-state index is 12.2. The first-order valence-corrected chi connectivity index (χ1v) is 8.91. The number of likely N-dealkylation sites (tertiary alicyclic amines) is 1. The molecule has 2 amide bonds. The van der Waals surface area contributed by atoms with Crippen LogP contribution in [0.4, 0.5) is 11.4 Å². The molecule has 0 spiro atoms. The molecule has 0 aliphatic carbocycles. The number of rotatable bonds is 4. The van der Waals surface area contributed by atoms with Crippen LogP contribution in [0, 0.1) is 17.0 Å². The van der Waals surface area contributed by atoms with Gasteiger partial charge in [-0.1, -0.05) is 17.8 Å². The van der Waals surface area contributed by atoms with Gasteiger partial charge in [0.15, 0.2) is 5.17 Å². The fourth-order valence-electron chi connectivity index (χ4n) is 2.82. The molecular weight excluding hydrogens is 344 g/mol. The maximum absolute atomic E-state index is 12.2. The van der Waals surface area contributed by atoms with E-state index in [1.807, 2.05) is 0 Å². The number of nitro benzene ring substituents is 1. The number of nitro groups is 1. The van der Waals surface area contributed by atoms with Crippen LogP contribution in [-0.2, 0) is 9.59 Å². The molecule has 0 bridgehead atoms. The highest BCUT2D eigenvalue weighted by Crippen LogP contribution is 2.30. The Morgan fingerprint density at radius 1 is 1.44 bits per heavy atom. The fourth-order valence-corrected chi connectivity index (χ4v) is 3.94. The van der Waals surface area contributed by atoms with Crippen molar-refractivity contribution >= 4 is 40.1 Å². The van der Waals surface area contributed by atoms with Crippen molar-refractivity contribution in [3.05, 3.63) is 33.9 Å². The molecule has 0 saturated carbocycles. The second kappa shape index (κ2) is 7.22. The number of thioether (sulfide) groups is 1. The van der Waals surface area contributed by atoms with Crippen LogP contribution < -0.4 is 5.32 Å². The van der Waals surface area contributed by atoms with Gasteiger partial charge in [-0.15, -0.1) is 0 Å². The summed E-state index contributed by atoms with van der Waals surface area (Å²) in [4.78, 5) is 41.0. The average molecular weight is 362 g/mol. The molecule has 3 rings (SSSR count). The second-order valence-electron chi connectivity index (χ2n) is 6.06. The van der Waals surface area contributed by atoms with Crippen molar-refractivity contribution in [2.24, 2.45) is 4.99 Å². The molecule has 1 saturated heterocycles. The highest BCUT2D eigenvalue weighted by Gasteiger charge is 2.34. The van der Waals surface area contributed by atoms with Gasteiger partial charge in [0.2, 0.25) is 5.91 Å². The maximum Gasteiger partial charge on any atom is 0.293 e. The molecule has 1 aromatic rings. The molecule has 2 aliphatic heterocycles. The van der Waals surface area contributed by atoms with Crippen LogP contribution in [0.5, 0.6) is 0 Å². The summed E-state index contributed by atoms with van der Waals surface area (Å²) in [5.41, 5.74) is 0.708. The predicted octanol–water partition coefficient (Wildman–Crippen LogP) is 2.33. The first-order chi connectivity index (χ1) is 11.9. The zero-order valence-corrected chi connectivity index (χ0v) is 14.5. The van der Waals surface area contributed by atoms with E-state index in [0.717, 1.165) is 31.5 Å². The summed E-state index contributed by atoms with van der Waals surface area (Å²) in [6, 6.07) is 4.59. The zero-order valence-electron chi connectivity index (χ0n) is 13.7. The number of nitrogens with zero attached hydrogens (tertiary/aromatic N) is 3. The summed E-state index contributed by atoms with van der Waals surface area (Å²) in [6.07, 6.45) is 2.10. The highest BCUT2D eigenvalue weighted by atomic mass is 32.2. The molecule has 2 heterocycles. The van der Waals surface area contributed by atoms with Gasteiger partial charge in [-0.2, -0.15) is 4.99 Å². The van der Waals surface area contributed by atoms with Crippen molar-refractivity contribution in [2.45, 2.75) is 31.4 Å². The Hall–Kier alpha value is -2.42. The number of hydrogen-bond acceptors (Lipinski definition) is 6. The molecule has 1 atom stereocenters. The van der Waals surface area contributed by atoms with Crippen molar-refractivity contribution in [1.82, 2.24) is 4.90 Å². The molecule has 25 heavy (non-hydrogen) atoms. The fraction of sp³-hybridized carbons (Fsp3) is 0.438. The van der Waals surface area contributed by atoms with E-state index in [0.29, 0.717) is 5.17 Å². The summed E-state index contributed by atoms with van der Waals surface area (Å²) < 4.78 is 0. The highest BCUT2D eigenvalue weighted by molar-refractivity contribution is 8.15. The number of carbonyl (C=O) groups is 2. The third-order valence-corrected chi connectivity index (χ3v) is 5.31. The van der Waals surface area contributed by atoms with E-state index in [1.54, 1.807) is 13.0 Å². The summed E-state index contributed by atoms with van der Waals surface area (Å²) in [7, 11) is 0. The SMILES string of the molecule is Cc1ccc(NC(=O)CC2SC(N3CCCC3)=NC2=O)c([N+](=O)[O-])c1. The van der Waals surface area contributed by atoms with E-state index in [9.17, 15) is 19.7 Å². The second-order valence-corrected chi connectivity index (χ2v) is 7.23. The first-order valence-electron chi connectivity index (χ1n) is 8.03.